The molecule has 0 bridgehead atoms. The summed E-state index contributed by atoms with van der Waals surface area (Å²) >= 11 is 0. The van der Waals surface area contributed by atoms with Crippen LogP contribution < -0.4 is 10.6 Å². The molecule has 1 aromatic heterocycles. The molecule has 0 saturated carbocycles. The van der Waals surface area contributed by atoms with Gasteiger partial charge in [-0.25, -0.2) is 8.42 Å². The van der Waals surface area contributed by atoms with E-state index in [1.54, 1.807) is 48.5 Å². The monoisotopic (exact) mass is 481 g/mol. The lowest BCUT2D eigenvalue weighted by Gasteiger charge is -2.32. The van der Waals surface area contributed by atoms with Crippen molar-refractivity contribution in [2.75, 3.05) is 11.9 Å². The molecule has 1 aliphatic rings. The average Bonchev–Trinajstić information content (AvgIpc) is 3.37. The Morgan fingerprint density at radius 1 is 1.03 bits per heavy atom. The fraction of sp³-hybridized carbons (Fsp3) is 0.280. The number of nitrogens with one attached hydrogen (secondary N) is 2. The summed E-state index contributed by atoms with van der Waals surface area (Å²) in [6.07, 6.45) is 4.17. The summed E-state index contributed by atoms with van der Waals surface area (Å²) < 4.78 is 33.1. The molecule has 1 saturated heterocycles. The smallest absolute Gasteiger partial charge is 0.255 e. The molecule has 34 heavy (non-hydrogen) atoms. The standard InChI is InChI=1S/C25H27N3O5S/c1-18-8-4-5-14-28(18)34(31,32)21-11-6-9-19(16-21)24(29)27-23-13-3-2-12-22(23)25(30)26-17-20-10-7-15-33-20/h2-3,6-7,9-13,15-16,18H,4-5,8,14,17H2,1H3,(H,26,30)(H,27,29). The number of rotatable bonds is 7. The lowest BCUT2D eigenvalue weighted by Crippen LogP contribution is -2.41. The first-order valence-electron chi connectivity index (χ1n) is 11.2. The van der Waals surface area contributed by atoms with Crippen LogP contribution in [0.4, 0.5) is 5.69 Å². The number of carbonyl (C=O) groups excluding carboxylic acids is 2. The highest BCUT2D eigenvalue weighted by Gasteiger charge is 2.31. The predicted octanol–water partition coefficient (Wildman–Crippen LogP) is 4.03. The molecule has 1 fully saturated rings. The molecule has 2 heterocycles. The first-order valence-corrected chi connectivity index (χ1v) is 12.6. The highest BCUT2D eigenvalue weighted by molar-refractivity contribution is 7.89. The molecule has 1 aliphatic heterocycles. The molecule has 0 radical (unpaired) electrons. The fourth-order valence-electron chi connectivity index (χ4n) is 4.02. The Kier molecular flexibility index (Phi) is 7.14. The SMILES string of the molecule is CC1CCCCN1S(=O)(=O)c1cccc(C(=O)Nc2ccccc2C(=O)NCc2ccco2)c1. The van der Waals surface area contributed by atoms with E-state index < -0.39 is 15.9 Å². The zero-order chi connectivity index (χ0) is 24.1. The third-order valence-electron chi connectivity index (χ3n) is 5.87. The van der Waals surface area contributed by atoms with E-state index in [1.165, 1.54) is 22.7 Å². The van der Waals surface area contributed by atoms with Crippen LogP contribution in [0, 0.1) is 0 Å². The number of piperidine rings is 1. The van der Waals surface area contributed by atoms with Gasteiger partial charge in [0.15, 0.2) is 0 Å². The maximum Gasteiger partial charge on any atom is 0.255 e. The van der Waals surface area contributed by atoms with Crippen LogP contribution in [0.15, 0.2) is 76.2 Å². The van der Waals surface area contributed by atoms with Crippen molar-refractivity contribution < 1.29 is 22.4 Å². The van der Waals surface area contributed by atoms with Gasteiger partial charge in [0.25, 0.3) is 11.8 Å². The summed E-state index contributed by atoms with van der Waals surface area (Å²) in [4.78, 5) is 25.8. The number of benzene rings is 2. The lowest BCUT2D eigenvalue weighted by molar-refractivity contribution is 0.0949. The second-order valence-corrected chi connectivity index (χ2v) is 10.1. The molecule has 2 N–H and O–H groups in total. The van der Waals surface area contributed by atoms with Crippen LogP contribution in [0.25, 0.3) is 0 Å². The van der Waals surface area contributed by atoms with E-state index >= 15 is 0 Å². The van der Waals surface area contributed by atoms with Crippen LogP contribution in [0.2, 0.25) is 0 Å². The summed E-state index contributed by atoms with van der Waals surface area (Å²) in [5.74, 6) is -0.270. The highest BCUT2D eigenvalue weighted by Crippen LogP contribution is 2.26. The maximum atomic E-state index is 13.2. The minimum absolute atomic E-state index is 0.0807. The number of para-hydroxylation sites is 1. The van der Waals surface area contributed by atoms with Gasteiger partial charge in [-0.2, -0.15) is 4.31 Å². The van der Waals surface area contributed by atoms with E-state index in [9.17, 15) is 18.0 Å². The molecular formula is C25H27N3O5S. The van der Waals surface area contributed by atoms with Gasteiger partial charge in [-0.15, -0.1) is 0 Å². The zero-order valence-corrected chi connectivity index (χ0v) is 19.7. The van der Waals surface area contributed by atoms with Crippen molar-refractivity contribution in [3.05, 3.63) is 83.8 Å². The zero-order valence-electron chi connectivity index (χ0n) is 18.9. The minimum atomic E-state index is -3.71. The summed E-state index contributed by atoms with van der Waals surface area (Å²) in [5, 5.41) is 5.49. The van der Waals surface area contributed by atoms with Crippen LogP contribution in [0.1, 0.15) is 52.7 Å². The third kappa shape index (κ3) is 5.21. The summed E-state index contributed by atoms with van der Waals surface area (Å²) in [6.45, 7) is 2.59. The van der Waals surface area contributed by atoms with Gasteiger partial charge in [-0.1, -0.05) is 24.6 Å². The van der Waals surface area contributed by atoms with Crippen molar-refractivity contribution in [3.8, 4) is 0 Å². The van der Waals surface area contributed by atoms with Gasteiger partial charge >= 0.3 is 0 Å². The first-order chi connectivity index (χ1) is 16.4. The molecule has 8 nitrogen and oxygen atoms in total. The molecule has 2 amide bonds. The molecule has 2 aromatic carbocycles. The van der Waals surface area contributed by atoms with E-state index in [0.29, 0.717) is 18.0 Å². The Balaban J connectivity index is 1.51. The van der Waals surface area contributed by atoms with Crippen molar-refractivity contribution in [2.24, 2.45) is 0 Å². The van der Waals surface area contributed by atoms with Crippen molar-refractivity contribution in [3.63, 3.8) is 0 Å². The van der Waals surface area contributed by atoms with E-state index in [1.807, 2.05) is 6.92 Å². The van der Waals surface area contributed by atoms with Crippen molar-refractivity contribution in [2.45, 2.75) is 43.7 Å². The first kappa shape index (κ1) is 23.7. The quantitative estimate of drug-likeness (QED) is 0.530. The van der Waals surface area contributed by atoms with Crippen molar-refractivity contribution in [1.82, 2.24) is 9.62 Å². The van der Waals surface area contributed by atoms with Crippen LogP contribution in [-0.4, -0.2) is 37.1 Å². The third-order valence-corrected chi connectivity index (χ3v) is 7.88. The molecular weight excluding hydrogens is 454 g/mol. The van der Waals surface area contributed by atoms with Crippen molar-refractivity contribution >= 4 is 27.5 Å². The topological polar surface area (TPSA) is 109 Å². The number of anilines is 1. The molecule has 4 rings (SSSR count). The maximum absolute atomic E-state index is 13.2. The second-order valence-electron chi connectivity index (χ2n) is 8.25. The molecule has 3 aromatic rings. The van der Waals surface area contributed by atoms with E-state index in [4.69, 9.17) is 4.42 Å². The van der Waals surface area contributed by atoms with E-state index in [0.717, 1.165) is 19.3 Å². The summed E-state index contributed by atoms with van der Waals surface area (Å²) in [5.41, 5.74) is 0.798. The second kappa shape index (κ2) is 10.2. The van der Waals surface area contributed by atoms with Gasteiger partial charge in [-0.3, -0.25) is 9.59 Å². The molecule has 9 heteroatoms. The van der Waals surface area contributed by atoms with Crippen LogP contribution in [-0.2, 0) is 16.6 Å². The number of hydrogen-bond acceptors (Lipinski definition) is 5. The van der Waals surface area contributed by atoms with Crippen LogP contribution in [0.5, 0.6) is 0 Å². The molecule has 0 aliphatic carbocycles. The normalized spacial score (nSPS) is 16.7. The van der Waals surface area contributed by atoms with Crippen LogP contribution >= 0.6 is 0 Å². The molecule has 178 valence electrons. The number of amides is 2. The Hall–Kier alpha value is -3.43. The van der Waals surface area contributed by atoms with Gasteiger partial charge in [0.1, 0.15) is 5.76 Å². The van der Waals surface area contributed by atoms with Gasteiger partial charge < -0.3 is 15.1 Å². The van der Waals surface area contributed by atoms with Gasteiger partial charge in [0, 0.05) is 18.2 Å². The molecule has 0 spiro atoms. The summed E-state index contributed by atoms with van der Waals surface area (Å²) in [6, 6.07) is 16.0. The number of furan rings is 1. The Labute approximate surface area is 199 Å². The lowest BCUT2D eigenvalue weighted by atomic mass is 10.1. The predicted molar refractivity (Wildman–Crippen MR) is 128 cm³/mol. The van der Waals surface area contributed by atoms with E-state index in [2.05, 4.69) is 10.6 Å². The van der Waals surface area contributed by atoms with Crippen LogP contribution in [0.3, 0.4) is 0 Å². The van der Waals surface area contributed by atoms with Gasteiger partial charge in [-0.05, 0) is 62.2 Å². The fourth-order valence-corrected chi connectivity index (χ4v) is 5.77. The number of sulfonamides is 1. The number of carbonyl (C=O) groups is 2. The van der Waals surface area contributed by atoms with Gasteiger partial charge in [0.05, 0.1) is 29.0 Å². The largest absolute Gasteiger partial charge is 0.467 e. The Bertz CT molecular complexity index is 1270. The Morgan fingerprint density at radius 3 is 2.62 bits per heavy atom. The van der Waals surface area contributed by atoms with E-state index in [-0.39, 0.29) is 34.5 Å². The van der Waals surface area contributed by atoms with Crippen molar-refractivity contribution in [1.29, 1.82) is 0 Å². The number of nitrogens with zero attached hydrogens (tertiary/aromatic N) is 1. The molecule has 1 unspecified atom stereocenters. The minimum Gasteiger partial charge on any atom is -0.467 e. The average molecular weight is 482 g/mol. The Morgan fingerprint density at radius 2 is 1.85 bits per heavy atom. The molecule has 1 atom stereocenters. The summed E-state index contributed by atoms with van der Waals surface area (Å²) in [7, 11) is -3.71. The van der Waals surface area contributed by atoms with Gasteiger partial charge in [0.2, 0.25) is 10.0 Å². The number of hydrogen-bond donors (Lipinski definition) is 2. The highest BCUT2D eigenvalue weighted by atomic mass is 32.2.